The lowest BCUT2D eigenvalue weighted by Gasteiger charge is -2.25. The molecule has 0 saturated carbocycles. The fraction of sp³-hybridized carbons (Fsp3) is 0.100. The van der Waals surface area contributed by atoms with Crippen molar-refractivity contribution in [3.8, 4) is 5.75 Å². The van der Waals surface area contributed by atoms with Crippen molar-refractivity contribution < 1.29 is 5.11 Å². The van der Waals surface area contributed by atoms with Gasteiger partial charge in [0.25, 0.3) is 0 Å². The van der Waals surface area contributed by atoms with Crippen molar-refractivity contribution in [2.24, 2.45) is 0 Å². The van der Waals surface area contributed by atoms with E-state index in [1.807, 2.05) is 42.5 Å². The van der Waals surface area contributed by atoms with Crippen LogP contribution in [-0.2, 0) is 13.1 Å². The molecule has 0 aliphatic carbocycles. The third-order valence-corrected chi connectivity index (χ3v) is 3.56. The maximum absolute atomic E-state index is 10.2. The minimum atomic E-state index is 0.259. The Morgan fingerprint density at radius 2 is 1.27 bits per heavy atom. The molecule has 22 heavy (non-hydrogen) atoms. The van der Waals surface area contributed by atoms with Gasteiger partial charge in [0.05, 0.1) is 5.69 Å². The van der Waals surface area contributed by atoms with Gasteiger partial charge in [0.1, 0.15) is 5.75 Å². The van der Waals surface area contributed by atoms with Crippen LogP contribution in [0.25, 0.3) is 0 Å². The van der Waals surface area contributed by atoms with E-state index in [4.69, 9.17) is 0 Å². The summed E-state index contributed by atoms with van der Waals surface area (Å²) in [6, 6.07) is 29.0. The molecule has 3 aromatic carbocycles. The highest BCUT2D eigenvalue weighted by molar-refractivity contribution is 5.57. The zero-order chi connectivity index (χ0) is 15.2. The molecule has 2 nitrogen and oxygen atoms in total. The van der Waals surface area contributed by atoms with E-state index >= 15 is 0 Å². The maximum Gasteiger partial charge on any atom is 0.139 e. The summed E-state index contributed by atoms with van der Waals surface area (Å²) < 4.78 is 0. The van der Waals surface area contributed by atoms with Crippen LogP contribution < -0.4 is 4.90 Å². The lowest BCUT2D eigenvalue weighted by Crippen LogP contribution is -2.22. The van der Waals surface area contributed by atoms with Crippen LogP contribution in [0.4, 0.5) is 5.69 Å². The Bertz CT molecular complexity index is 669. The van der Waals surface area contributed by atoms with Crippen LogP contribution in [0.15, 0.2) is 78.9 Å². The number of anilines is 1. The van der Waals surface area contributed by atoms with E-state index in [9.17, 15) is 5.11 Å². The highest BCUT2D eigenvalue weighted by Crippen LogP contribution is 2.28. The smallest absolute Gasteiger partial charge is 0.139 e. The maximum atomic E-state index is 10.2. The van der Waals surface area contributed by atoms with Crippen LogP contribution >= 0.6 is 0 Å². The molecule has 0 fully saturated rings. The van der Waals surface area contributed by atoms with E-state index in [2.05, 4.69) is 35.2 Å². The molecule has 0 aliphatic heterocycles. The molecule has 2 heteroatoms. The van der Waals surface area contributed by atoms with Gasteiger partial charge in [-0.25, -0.2) is 0 Å². The third kappa shape index (κ3) is 3.47. The lowest BCUT2D eigenvalue weighted by molar-refractivity contribution is 0.473. The molecule has 0 atom stereocenters. The molecule has 0 heterocycles. The number of rotatable bonds is 5. The van der Waals surface area contributed by atoms with Crippen LogP contribution in [0.1, 0.15) is 11.1 Å². The minimum absolute atomic E-state index is 0.259. The number of aromatic hydroxyl groups is 1. The summed E-state index contributed by atoms with van der Waals surface area (Å²) in [5, 5.41) is 10.2. The molecule has 0 amide bonds. The van der Waals surface area contributed by atoms with Gasteiger partial charge in [-0.1, -0.05) is 72.8 Å². The number of benzene rings is 3. The largest absolute Gasteiger partial charge is 0.506 e. The van der Waals surface area contributed by atoms with Crippen molar-refractivity contribution in [1.29, 1.82) is 0 Å². The normalized spacial score (nSPS) is 10.4. The van der Waals surface area contributed by atoms with E-state index in [1.54, 1.807) is 12.1 Å². The fourth-order valence-electron chi connectivity index (χ4n) is 2.49. The van der Waals surface area contributed by atoms with Crippen LogP contribution in [0.2, 0.25) is 0 Å². The van der Waals surface area contributed by atoms with E-state index in [0.29, 0.717) is 0 Å². The Labute approximate surface area is 131 Å². The van der Waals surface area contributed by atoms with Gasteiger partial charge in [-0.15, -0.1) is 0 Å². The Balaban J connectivity index is 1.90. The minimum Gasteiger partial charge on any atom is -0.506 e. The second kappa shape index (κ2) is 6.81. The molecule has 0 aliphatic rings. The van der Waals surface area contributed by atoms with Crippen molar-refractivity contribution in [3.63, 3.8) is 0 Å². The summed E-state index contributed by atoms with van der Waals surface area (Å²) in [6.07, 6.45) is 0. The topological polar surface area (TPSA) is 23.5 Å². The first-order chi connectivity index (χ1) is 10.8. The van der Waals surface area contributed by atoms with Gasteiger partial charge >= 0.3 is 0 Å². The first kappa shape index (κ1) is 14.2. The average molecular weight is 288 g/mol. The van der Waals surface area contributed by atoms with Crippen LogP contribution in [0.5, 0.6) is 5.75 Å². The Kier molecular flexibility index (Phi) is 4.40. The van der Waals surface area contributed by atoms with Gasteiger partial charge in [-0.05, 0) is 17.2 Å². The molecule has 0 aromatic heterocycles. The van der Waals surface area contributed by atoms with Gasteiger partial charge in [-0.3, -0.25) is 0 Å². The fourth-order valence-corrected chi connectivity index (χ4v) is 2.49. The van der Waals surface area contributed by atoms with E-state index in [0.717, 1.165) is 18.8 Å². The van der Waals surface area contributed by atoms with E-state index in [-0.39, 0.29) is 5.75 Å². The molecule has 109 valence electrons. The van der Waals surface area contributed by atoms with Crippen molar-refractivity contribution >= 4 is 5.69 Å². The molecule has 3 aromatic rings. The molecule has 1 N–H and O–H groups in total. The van der Waals surface area contributed by atoms with Crippen molar-refractivity contribution in [2.45, 2.75) is 13.1 Å². The van der Waals surface area contributed by atoms with Gasteiger partial charge in [0, 0.05) is 19.2 Å². The molecule has 3 rings (SSSR count). The van der Waals surface area contributed by atoms with Gasteiger partial charge < -0.3 is 10.0 Å². The van der Waals surface area contributed by atoms with Crippen molar-refractivity contribution in [3.05, 3.63) is 96.1 Å². The number of para-hydroxylation sites is 1. The van der Waals surface area contributed by atoms with Gasteiger partial charge in [0.15, 0.2) is 0 Å². The summed E-state index contributed by atoms with van der Waals surface area (Å²) in [5.41, 5.74) is 3.14. The van der Waals surface area contributed by atoms with E-state index in [1.165, 1.54) is 11.1 Å². The zero-order valence-corrected chi connectivity index (χ0v) is 12.3. The summed E-state index contributed by atoms with van der Waals surface area (Å²) in [6.45, 7) is 1.45. The van der Waals surface area contributed by atoms with Gasteiger partial charge in [0.2, 0.25) is 0 Å². The van der Waals surface area contributed by atoms with Crippen molar-refractivity contribution in [2.75, 3.05) is 4.90 Å². The summed E-state index contributed by atoms with van der Waals surface area (Å²) in [7, 11) is 0. The molecule has 0 spiro atoms. The number of hydrogen-bond acceptors (Lipinski definition) is 2. The quantitative estimate of drug-likeness (QED) is 0.752. The first-order valence-electron chi connectivity index (χ1n) is 7.35. The third-order valence-electron chi connectivity index (χ3n) is 3.56. The second-order valence-corrected chi connectivity index (χ2v) is 5.23. The number of nitrogens with zero attached hydrogens (tertiary/aromatic N) is 1. The lowest BCUT2D eigenvalue weighted by atomic mass is 10.1. The first-order valence-corrected chi connectivity index (χ1v) is 7.35. The highest BCUT2D eigenvalue weighted by atomic mass is 16.3. The summed E-state index contributed by atoms with van der Waals surface area (Å²) in [5.74, 6) is 0.259. The Morgan fingerprint density at radius 3 is 1.77 bits per heavy atom. The number of phenols is 1. The molecule has 0 unspecified atom stereocenters. The standard InChI is InChI=1S/C20H18NO/c22-20-14-8-7-13-19(20)21(15-17-9-3-1-4-10-17)16-18-11-5-2-6-12-18/h1-12,14,22H,15-16H2. The van der Waals surface area contributed by atoms with Crippen LogP contribution in [0, 0.1) is 6.07 Å². The summed E-state index contributed by atoms with van der Waals surface area (Å²) in [4.78, 5) is 2.14. The van der Waals surface area contributed by atoms with Crippen LogP contribution in [0.3, 0.4) is 0 Å². The van der Waals surface area contributed by atoms with E-state index < -0.39 is 0 Å². The predicted octanol–water partition coefficient (Wildman–Crippen LogP) is 4.40. The van der Waals surface area contributed by atoms with Crippen LogP contribution in [-0.4, -0.2) is 5.11 Å². The molecular weight excluding hydrogens is 270 g/mol. The second-order valence-electron chi connectivity index (χ2n) is 5.23. The molecule has 1 radical (unpaired) electrons. The average Bonchev–Trinajstić information content (AvgIpc) is 2.57. The summed E-state index contributed by atoms with van der Waals surface area (Å²) >= 11 is 0. The highest BCUT2D eigenvalue weighted by Gasteiger charge is 2.12. The molecular formula is C20H18NO. The number of phenolic OH excluding ortho intramolecular Hbond substituents is 1. The SMILES string of the molecule is Oc1ccc[c]c1N(Cc1ccccc1)Cc1ccccc1. The Hall–Kier alpha value is -2.74. The monoisotopic (exact) mass is 288 g/mol. The predicted molar refractivity (Wildman–Crippen MR) is 89.7 cm³/mol. The Morgan fingerprint density at radius 1 is 0.727 bits per heavy atom. The van der Waals surface area contributed by atoms with Gasteiger partial charge in [-0.2, -0.15) is 0 Å². The van der Waals surface area contributed by atoms with Crippen molar-refractivity contribution in [1.82, 2.24) is 0 Å². The molecule has 0 bridgehead atoms. The zero-order valence-electron chi connectivity index (χ0n) is 12.3. The molecule has 0 saturated heterocycles. The number of hydrogen-bond donors (Lipinski definition) is 1.